The van der Waals surface area contributed by atoms with Gasteiger partial charge in [-0.1, -0.05) is 37.0 Å². The summed E-state index contributed by atoms with van der Waals surface area (Å²) in [7, 11) is -1.50. The Labute approximate surface area is 146 Å². The second-order valence-electron chi connectivity index (χ2n) is 7.15. The highest BCUT2D eigenvalue weighted by Gasteiger charge is 2.58. The summed E-state index contributed by atoms with van der Waals surface area (Å²) in [6, 6.07) is 0. The average molecular weight is 434 g/mol. The van der Waals surface area contributed by atoms with Crippen LogP contribution < -0.4 is 0 Å². The van der Waals surface area contributed by atoms with Crippen LogP contribution in [0.4, 0.5) is 0 Å². The van der Waals surface area contributed by atoms with Crippen LogP contribution in [0.5, 0.6) is 0 Å². The zero-order chi connectivity index (χ0) is 16.7. The number of carbonyl (C=O) groups is 2. The van der Waals surface area contributed by atoms with E-state index < -0.39 is 8.07 Å². The van der Waals surface area contributed by atoms with Crippen LogP contribution in [0.15, 0.2) is 20.9 Å². The summed E-state index contributed by atoms with van der Waals surface area (Å²) in [5.41, 5.74) is -0.358. The summed E-state index contributed by atoms with van der Waals surface area (Å²) in [5, 5.41) is 1.50. The number of ether oxygens (including phenoxy) is 2. The van der Waals surface area contributed by atoms with Crippen molar-refractivity contribution in [3.05, 3.63) is 20.9 Å². The lowest BCUT2D eigenvalue weighted by Gasteiger charge is -2.36. The highest BCUT2D eigenvalue weighted by Crippen LogP contribution is 2.60. The third kappa shape index (κ3) is 3.04. The Morgan fingerprint density at radius 1 is 1.09 bits per heavy atom. The maximum absolute atomic E-state index is 11.3. The van der Waals surface area contributed by atoms with Crippen molar-refractivity contribution >= 4 is 42.6 Å². The number of rotatable bonds is 5. The van der Waals surface area contributed by atoms with Crippen molar-refractivity contribution < 1.29 is 19.1 Å². The van der Waals surface area contributed by atoms with E-state index in [1.165, 1.54) is 22.6 Å². The molecule has 0 saturated heterocycles. The predicted molar refractivity (Wildman–Crippen MR) is 96.2 cm³/mol. The summed E-state index contributed by atoms with van der Waals surface area (Å²) in [5.74, 6) is -0.204. The van der Waals surface area contributed by atoms with Crippen LogP contribution in [0.3, 0.4) is 0 Å². The molecule has 0 aliphatic heterocycles. The maximum atomic E-state index is 11.3. The van der Waals surface area contributed by atoms with E-state index in [0.717, 1.165) is 0 Å². The Kier molecular flexibility index (Phi) is 4.92. The number of esters is 2. The first-order valence-corrected chi connectivity index (χ1v) is 12.0. The first-order valence-electron chi connectivity index (χ1n) is 7.44. The lowest BCUT2D eigenvalue weighted by atomic mass is 9.77. The second kappa shape index (κ2) is 6.11. The van der Waals surface area contributed by atoms with Gasteiger partial charge in [-0.15, -0.1) is 0 Å². The molecular weight excluding hydrogens is 411 g/mol. The van der Waals surface area contributed by atoms with Gasteiger partial charge in [-0.25, -0.2) is 0 Å². The largest absolute Gasteiger partial charge is 0.465 e. The molecule has 0 aromatic carbocycles. The van der Waals surface area contributed by atoms with Gasteiger partial charge >= 0.3 is 11.9 Å². The van der Waals surface area contributed by atoms with Crippen LogP contribution >= 0.6 is 22.6 Å². The van der Waals surface area contributed by atoms with Crippen LogP contribution in [0, 0.1) is 17.3 Å². The number of hydrogen-bond acceptors (Lipinski definition) is 4. The van der Waals surface area contributed by atoms with Gasteiger partial charge in [-0.2, -0.15) is 0 Å². The minimum Gasteiger partial charge on any atom is -0.465 e. The zero-order valence-electron chi connectivity index (χ0n) is 13.7. The van der Waals surface area contributed by atoms with Crippen LogP contribution in [0.1, 0.15) is 13.8 Å². The molecule has 2 rings (SSSR count). The van der Waals surface area contributed by atoms with E-state index in [2.05, 4.69) is 54.4 Å². The Morgan fingerprint density at radius 3 is 1.91 bits per heavy atom. The molecule has 122 valence electrons. The lowest BCUT2D eigenvalue weighted by Crippen LogP contribution is -2.42. The number of hydrogen-bond donors (Lipinski definition) is 0. The molecule has 0 N–H and O–H groups in total. The fourth-order valence-corrected chi connectivity index (χ4v) is 9.31. The SMILES string of the molecule is CC(=O)OCC1(COC(C)=O)[C@@H]2C=C[C@H]1C(I)=C2[Si](C)(C)C. The molecule has 2 aliphatic rings. The molecule has 2 bridgehead atoms. The van der Waals surface area contributed by atoms with Gasteiger partial charge < -0.3 is 9.47 Å². The fourth-order valence-electron chi connectivity index (χ4n) is 3.53. The van der Waals surface area contributed by atoms with E-state index in [1.807, 2.05) is 0 Å². The van der Waals surface area contributed by atoms with E-state index in [1.54, 1.807) is 0 Å². The summed E-state index contributed by atoms with van der Waals surface area (Å²) in [4.78, 5) is 22.6. The molecular formula is C16H23IO4Si. The first kappa shape index (κ1) is 17.7. The highest BCUT2D eigenvalue weighted by atomic mass is 127. The number of halogens is 1. The molecule has 6 heteroatoms. The Balaban J connectivity index is 2.36. The van der Waals surface area contributed by atoms with Gasteiger partial charge in [-0.05, 0) is 26.2 Å². The summed E-state index contributed by atoms with van der Waals surface area (Å²) < 4.78 is 12.1. The van der Waals surface area contributed by atoms with Crippen molar-refractivity contribution in [2.75, 3.05) is 13.2 Å². The molecule has 0 spiro atoms. The molecule has 0 unspecified atom stereocenters. The van der Waals surface area contributed by atoms with Gasteiger partial charge in [0, 0.05) is 25.7 Å². The monoisotopic (exact) mass is 434 g/mol. The first-order chi connectivity index (χ1) is 10.1. The molecule has 22 heavy (non-hydrogen) atoms. The van der Waals surface area contributed by atoms with Crippen LogP contribution in [-0.4, -0.2) is 33.2 Å². The molecule has 4 nitrogen and oxygen atoms in total. The van der Waals surface area contributed by atoms with Crippen molar-refractivity contribution in [3.8, 4) is 0 Å². The van der Waals surface area contributed by atoms with Crippen LogP contribution in [-0.2, 0) is 19.1 Å². The van der Waals surface area contributed by atoms with Crippen molar-refractivity contribution in [2.24, 2.45) is 17.3 Å². The van der Waals surface area contributed by atoms with E-state index in [9.17, 15) is 9.59 Å². The van der Waals surface area contributed by atoms with Gasteiger partial charge in [0.05, 0.1) is 13.5 Å². The normalized spacial score (nSPS) is 25.5. The molecule has 0 aromatic rings. The smallest absolute Gasteiger partial charge is 0.302 e. The van der Waals surface area contributed by atoms with Gasteiger partial charge in [0.1, 0.15) is 13.2 Å². The van der Waals surface area contributed by atoms with Crippen LogP contribution in [0.25, 0.3) is 0 Å². The molecule has 0 saturated carbocycles. The molecule has 0 amide bonds. The summed E-state index contributed by atoms with van der Waals surface area (Å²) in [6.07, 6.45) is 4.40. The molecule has 0 aromatic heterocycles. The Hall–Kier alpha value is -0.633. The number of allylic oxidation sites excluding steroid dienone is 4. The Morgan fingerprint density at radius 2 is 1.55 bits per heavy atom. The molecule has 0 fully saturated rings. The zero-order valence-corrected chi connectivity index (χ0v) is 16.9. The predicted octanol–water partition coefficient (Wildman–Crippen LogP) is 3.48. The van der Waals surface area contributed by atoms with E-state index >= 15 is 0 Å². The quantitative estimate of drug-likeness (QED) is 0.288. The van der Waals surface area contributed by atoms with Gasteiger partial charge in [0.25, 0.3) is 0 Å². The summed E-state index contributed by atoms with van der Waals surface area (Å²) in [6.45, 7) is 10.4. The minimum absolute atomic E-state index is 0.179. The maximum Gasteiger partial charge on any atom is 0.302 e. The highest BCUT2D eigenvalue weighted by molar-refractivity contribution is 14.1. The summed E-state index contributed by atoms with van der Waals surface area (Å²) >= 11 is 2.43. The van der Waals surface area contributed by atoms with E-state index in [-0.39, 0.29) is 29.2 Å². The fraction of sp³-hybridized carbons (Fsp3) is 0.625. The molecule has 0 heterocycles. The minimum atomic E-state index is -1.50. The third-order valence-electron chi connectivity index (χ3n) is 4.47. The van der Waals surface area contributed by atoms with E-state index in [0.29, 0.717) is 13.2 Å². The van der Waals surface area contributed by atoms with Crippen molar-refractivity contribution in [3.63, 3.8) is 0 Å². The van der Waals surface area contributed by atoms with E-state index in [4.69, 9.17) is 9.47 Å². The van der Waals surface area contributed by atoms with Crippen LogP contribution in [0.2, 0.25) is 19.6 Å². The lowest BCUT2D eigenvalue weighted by molar-refractivity contribution is -0.153. The third-order valence-corrected chi connectivity index (χ3v) is 8.43. The second-order valence-corrected chi connectivity index (χ2v) is 13.3. The van der Waals surface area contributed by atoms with Gasteiger partial charge in [-0.3, -0.25) is 9.59 Å². The van der Waals surface area contributed by atoms with Crippen molar-refractivity contribution in [1.29, 1.82) is 0 Å². The topological polar surface area (TPSA) is 52.6 Å². The Bertz CT molecular complexity index is 541. The number of carbonyl (C=O) groups excluding carboxylic acids is 2. The molecule has 2 aliphatic carbocycles. The number of fused-ring (bicyclic) bond motifs is 2. The van der Waals surface area contributed by atoms with Crippen molar-refractivity contribution in [2.45, 2.75) is 33.5 Å². The van der Waals surface area contributed by atoms with Gasteiger partial charge in [0.2, 0.25) is 0 Å². The standard InChI is InChI=1S/C16H23IO4Si/c1-10(18)20-8-16(9-21-11(2)19)12-6-7-13(16)15(14(12)17)22(3,4)5/h6-7,12-13H,8-9H2,1-5H3/t12-,13+/m0/s1. The average Bonchev–Trinajstić information content (AvgIpc) is 2.83. The van der Waals surface area contributed by atoms with Gasteiger partial charge in [0.15, 0.2) is 0 Å². The molecule has 0 radical (unpaired) electrons. The molecule has 2 atom stereocenters. The van der Waals surface area contributed by atoms with Crippen molar-refractivity contribution in [1.82, 2.24) is 0 Å².